The Morgan fingerprint density at radius 3 is 2.00 bits per heavy atom. The number of carboxylic acids is 1. The third-order valence-corrected chi connectivity index (χ3v) is 1.25. The van der Waals surface area contributed by atoms with Gasteiger partial charge in [0.05, 0.1) is 6.10 Å². The zero-order chi connectivity index (χ0) is 7.65. The fourth-order valence-electron chi connectivity index (χ4n) is 0.179. The predicted molar refractivity (Wildman–Crippen MR) is 29.9 cm³/mol. The van der Waals surface area contributed by atoms with Crippen molar-refractivity contribution in [3.63, 3.8) is 0 Å². The van der Waals surface area contributed by atoms with E-state index in [9.17, 15) is 4.79 Å². The van der Waals surface area contributed by atoms with Crippen molar-refractivity contribution in [3.05, 3.63) is 0 Å². The third-order valence-electron chi connectivity index (χ3n) is 1.25. The first kappa shape index (κ1) is 8.39. The highest BCUT2D eigenvalue weighted by Crippen LogP contribution is 2.08. The summed E-state index contributed by atoms with van der Waals surface area (Å²) in [6, 6.07) is 0. The van der Waals surface area contributed by atoms with Crippen molar-refractivity contribution in [1.29, 1.82) is 0 Å². The maximum Gasteiger partial charge on any atom is 0.338 e. The smallest absolute Gasteiger partial charge is 0.338 e. The van der Waals surface area contributed by atoms with Crippen LogP contribution >= 0.6 is 0 Å². The van der Waals surface area contributed by atoms with Gasteiger partial charge in [0, 0.05) is 0 Å². The lowest BCUT2D eigenvalue weighted by Gasteiger charge is -2.20. The summed E-state index contributed by atoms with van der Waals surface area (Å²) in [4.78, 5) is 10.1. The van der Waals surface area contributed by atoms with E-state index in [1.807, 2.05) is 0 Å². The quantitative estimate of drug-likeness (QED) is 0.462. The zero-order valence-corrected chi connectivity index (χ0v) is 5.33. The van der Waals surface area contributed by atoms with Gasteiger partial charge in [-0.15, -0.1) is 0 Å². The predicted octanol–water partition coefficient (Wildman–Crippen LogP) is -0.797. The first-order chi connectivity index (χ1) is 3.89. The van der Waals surface area contributed by atoms with Crippen molar-refractivity contribution in [2.75, 3.05) is 0 Å². The molecule has 1 unspecified atom stereocenters. The molecule has 0 rings (SSSR count). The van der Waals surface area contributed by atoms with E-state index in [0.717, 1.165) is 6.92 Å². The summed E-state index contributed by atoms with van der Waals surface area (Å²) in [5, 5.41) is 25.6. The molecule has 0 aliphatic carbocycles. The molecule has 4 heteroatoms. The van der Waals surface area contributed by atoms with E-state index >= 15 is 0 Å². The Balaban J connectivity index is 4.19. The Morgan fingerprint density at radius 1 is 1.67 bits per heavy atom. The average Bonchev–Trinajstić information content (AvgIpc) is 1.65. The number of aliphatic hydroxyl groups is 2. The molecular formula is C5H10O4. The molecule has 0 radical (unpaired) electrons. The molecule has 0 aliphatic rings. The molecule has 0 saturated carbocycles. The van der Waals surface area contributed by atoms with Gasteiger partial charge < -0.3 is 15.3 Å². The maximum atomic E-state index is 10.1. The molecule has 0 saturated heterocycles. The van der Waals surface area contributed by atoms with E-state index in [-0.39, 0.29) is 0 Å². The second-order valence-electron chi connectivity index (χ2n) is 2.13. The normalized spacial score (nSPS) is 20.4. The van der Waals surface area contributed by atoms with Crippen LogP contribution in [0.5, 0.6) is 0 Å². The Morgan fingerprint density at radius 2 is 2.00 bits per heavy atom. The van der Waals surface area contributed by atoms with Crippen LogP contribution < -0.4 is 0 Å². The number of hydrogen-bond donors (Lipinski definition) is 3. The van der Waals surface area contributed by atoms with Gasteiger partial charge in [-0.3, -0.25) is 0 Å². The summed E-state index contributed by atoms with van der Waals surface area (Å²) < 4.78 is 0. The van der Waals surface area contributed by atoms with Crippen molar-refractivity contribution in [1.82, 2.24) is 0 Å². The molecule has 2 atom stereocenters. The molecule has 9 heavy (non-hydrogen) atoms. The number of carboxylic acid groups (broad SMARTS) is 1. The van der Waals surface area contributed by atoms with Crippen molar-refractivity contribution in [2.45, 2.75) is 25.6 Å². The van der Waals surface area contributed by atoms with Gasteiger partial charge in [-0.1, -0.05) is 0 Å². The summed E-state index contributed by atoms with van der Waals surface area (Å²) in [5.41, 5.74) is -2.03. The van der Waals surface area contributed by atoms with E-state index in [0.29, 0.717) is 0 Å². The lowest BCUT2D eigenvalue weighted by Crippen LogP contribution is -2.44. The Hall–Kier alpha value is -0.610. The minimum absolute atomic E-state index is 1.04. The van der Waals surface area contributed by atoms with Crippen LogP contribution in [0.25, 0.3) is 0 Å². The summed E-state index contributed by atoms with van der Waals surface area (Å²) in [5.74, 6) is -1.42. The van der Waals surface area contributed by atoms with Gasteiger partial charge in [-0.2, -0.15) is 0 Å². The van der Waals surface area contributed by atoms with E-state index in [1.54, 1.807) is 0 Å². The fraction of sp³-hybridized carbons (Fsp3) is 0.800. The largest absolute Gasteiger partial charge is 0.479 e. The van der Waals surface area contributed by atoms with Gasteiger partial charge in [0.25, 0.3) is 0 Å². The van der Waals surface area contributed by atoms with Crippen LogP contribution in [0.2, 0.25) is 0 Å². The first-order valence-corrected chi connectivity index (χ1v) is 2.53. The summed E-state index contributed by atoms with van der Waals surface area (Å²) in [7, 11) is 0. The average molecular weight is 134 g/mol. The van der Waals surface area contributed by atoms with Crippen LogP contribution in [-0.4, -0.2) is 33.0 Å². The SMILES string of the molecule is C[C@H](O)C(C)(O)C(=O)O. The molecule has 0 heterocycles. The van der Waals surface area contributed by atoms with Crippen molar-refractivity contribution < 1.29 is 20.1 Å². The lowest BCUT2D eigenvalue weighted by atomic mass is 10.0. The van der Waals surface area contributed by atoms with Gasteiger partial charge in [-0.25, -0.2) is 4.79 Å². The molecule has 54 valence electrons. The highest BCUT2D eigenvalue weighted by Gasteiger charge is 2.35. The fourth-order valence-corrected chi connectivity index (χ4v) is 0.179. The summed E-state index contributed by atoms with van der Waals surface area (Å²) in [6.45, 7) is 2.26. The Labute approximate surface area is 52.7 Å². The van der Waals surface area contributed by atoms with Crippen LogP contribution in [-0.2, 0) is 4.79 Å². The maximum absolute atomic E-state index is 10.1. The third kappa shape index (κ3) is 1.65. The molecule has 0 aromatic rings. The van der Waals surface area contributed by atoms with Gasteiger partial charge in [0.2, 0.25) is 0 Å². The molecule has 0 fully saturated rings. The zero-order valence-electron chi connectivity index (χ0n) is 5.33. The van der Waals surface area contributed by atoms with Gasteiger partial charge in [0.15, 0.2) is 5.60 Å². The molecule has 0 aromatic carbocycles. The van der Waals surface area contributed by atoms with E-state index in [1.165, 1.54) is 6.92 Å². The highest BCUT2D eigenvalue weighted by molar-refractivity contribution is 5.77. The second-order valence-corrected chi connectivity index (χ2v) is 2.13. The van der Waals surface area contributed by atoms with Crippen molar-refractivity contribution in [2.24, 2.45) is 0 Å². The van der Waals surface area contributed by atoms with Crippen molar-refractivity contribution >= 4 is 5.97 Å². The first-order valence-electron chi connectivity index (χ1n) is 2.53. The lowest BCUT2D eigenvalue weighted by molar-refractivity contribution is -0.167. The molecule has 0 bridgehead atoms. The monoisotopic (exact) mass is 134 g/mol. The number of hydrogen-bond acceptors (Lipinski definition) is 3. The molecule has 0 amide bonds. The molecule has 4 nitrogen and oxygen atoms in total. The Bertz CT molecular complexity index is 116. The standard InChI is InChI=1S/C5H10O4/c1-3(6)5(2,9)4(7)8/h3,6,9H,1-2H3,(H,7,8)/t3-,5?/m0/s1. The Kier molecular flexibility index (Phi) is 2.17. The number of carbonyl (C=O) groups is 1. The molecule has 0 spiro atoms. The minimum atomic E-state index is -2.03. The van der Waals surface area contributed by atoms with Gasteiger partial charge in [-0.05, 0) is 13.8 Å². The van der Waals surface area contributed by atoms with Crippen LogP contribution in [0.3, 0.4) is 0 Å². The molecule has 0 aliphatic heterocycles. The molecule has 3 N–H and O–H groups in total. The highest BCUT2D eigenvalue weighted by atomic mass is 16.4. The van der Waals surface area contributed by atoms with Gasteiger partial charge >= 0.3 is 5.97 Å². The van der Waals surface area contributed by atoms with Crippen LogP contribution in [0.15, 0.2) is 0 Å². The topological polar surface area (TPSA) is 77.8 Å². The number of aliphatic carboxylic acids is 1. The number of aliphatic hydroxyl groups excluding tert-OH is 1. The number of rotatable bonds is 2. The van der Waals surface area contributed by atoms with Crippen LogP contribution in [0.4, 0.5) is 0 Å². The second kappa shape index (κ2) is 2.33. The van der Waals surface area contributed by atoms with E-state index < -0.39 is 17.7 Å². The van der Waals surface area contributed by atoms with Crippen LogP contribution in [0.1, 0.15) is 13.8 Å². The van der Waals surface area contributed by atoms with E-state index in [4.69, 9.17) is 15.3 Å². The van der Waals surface area contributed by atoms with Crippen molar-refractivity contribution in [3.8, 4) is 0 Å². The minimum Gasteiger partial charge on any atom is -0.479 e. The molecule has 0 aromatic heterocycles. The van der Waals surface area contributed by atoms with E-state index in [2.05, 4.69) is 0 Å². The van der Waals surface area contributed by atoms with Crippen LogP contribution in [0, 0.1) is 0 Å². The van der Waals surface area contributed by atoms with Gasteiger partial charge in [0.1, 0.15) is 0 Å². The summed E-state index contributed by atoms with van der Waals surface area (Å²) in [6.07, 6.45) is -1.25. The summed E-state index contributed by atoms with van der Waals surface area (Å²) >= 11 is 0. The molecular weight excluding hydrogens is 124 g/mol.